The summed E-state index contributed by atoms with van der Waals surface area (Å²) in [5, 5.41) is 3.72. The highest BCUT2D eigenvalue weighted by molar-refractivity contribution is 4.90. The highest BCUT2D eigenvalue weighted by Gasteiger charge is 2.32. The molecule has 2 unspecified atom stereocenters. The molecule has 3 heteroatoms. The van der Waals surface area contributed by atoms with Crippen molar-refractivity contribution in [2.45, 2.75) is 70.0 Å². The smallest absolute Gasteiger partial charge is 0.0235 e. The average Bonchev–Trinajstić information content (AvgIpc) is 3.16. The van der Waals surface area contributed by atoms with Crippen molar-refractivity contribution in [3.8, 4) is 0 Å². The molecule has 2 heterocycles. The molecule has 0 amide bonds. The highest BCUT2D eigenvalue weighted by atomic mass is 15.3. The third-order valence-corrected chi connectivity index (χ3v) is 5.31. The van der Waals surface area contributed by atoms with E-state index in [-0.39, 0.29) is 0 Å². The molecule has 0 bridgehead atoms. The molecule has 2 saturated heterocycles. The minimum Gasteiger partial charge on any atom is -0.312 e. The van der Waals surface area contributed by atoms with Gasteiger partial charge in [0.25, 0.3) is 0 Å². The standard InChI is InChI=1S/C16H31N3/c1-2-15(12-17-14-6-7-14)19-11-8-16(13-19)18-9-4-3-5-10-18/h14-17H,2-13H2,1H3. The maximum Gasteiger partial charge on any atom is 0.0235 e. The van der Waals surface area contributed by atoms with Crippen molar-refractivity contribution in [1.82, 2.24) is 15.1 Å². The van der Waals surface area contributed by atoms with E-state index in [1.807, 2.05) is 0 Å². The molecule has 0 aromatic carbocycles. The van der Waals surface area contributed by atoms with Crippen LogP contribution in [0.5, 0.6) is 0 Å². The lowest BCUT2D eigenvalue weighted by molar-refractivity contribution is 0.150. The van der Waals surface area contributed by atoms with Crippen molar-refractivity contribution < 1.29 is 0 Å². The summed E-state index contributed by atoms with van der Waals surface area (Å²) in [7, 11) is 0. The topological polar surface area (TPSA) is 18.5 Å². The fraction of sp³-hybridized carbons (Fsp3) is 1.00. The van der Waals surface area contributed by atoms with Gasteiger partial charge in [0.05, 0.1) is 0 Å². The van der Waals surface area contributed by atoms with Crippen LogP contribution in [0.15, 0.2) is 0 Å². The molecule has 3 rings (SSSR count). The van der Waals surface area contributed by atoms with Crippen LogP contribution in [0.3, 0.4) is 0 Å². The number of piperidine rings is 1. The molecule has 2 atom stereocenters. The van der Waals surface area contributed by atoms with Crippen molar-refractivity contribution >= 4 is 0 Å². The molecular weight excluding hydrogens is 234 g/mol. The predicted molar refractivity (Wildman–Crippen MR) is 80.5 cm³/mol. The zero-order valence-electron chi connectivity index (χ0n) is 12.6. The van der Waals surface area contributed by atoms with Crippen molar-refractivity contribution in [3.63, 3.8) is 0 Å². The Morgan fingerprint density at radius 3 is 2.53 bits per heavy atom. The summed E-state index contributed by atoms with van der Waals surface area (Å²) in [5.41, 5.74) is 0. The van der Waals surface area contributed by atoms with Gasteiger partial charge in [-0.15, -0.1) is 0 Å². The number of likely N-dealkylation sites (tertiary alicyclic amines) is 2. The van der Waals surface area contributed by atoms with Gasteiger partial charge >= 0.3 is 0 Å². The fourth-order valence-electron chi connectivity index (χ4n) is 3.80. The van der Waals surface area contributed by atoms with Gasteiger partial charge in [-0.2, -0.15) is 0 Å². The maximum absolute atomic E-state index is 3.72. The molecule has 2 aliphatic heterocycles. The van der Waals surface area contributed by atoms with E-state index in [1.54, 1.807) is 0 Å². The second-order valence-electron chi connectivity index (χ2n) is 6.78. The van der Waals surface area contributed by atoms with Crippen molar-refractivity contribution in [1.29, 1.82) is 0 Å². The van der Waals surface area contributed by atoms with Gasteiger partial charge in [0, 0.05) is 37.8 Å². The van der Waals surface area contributed by atoms with Crippen LogP contribution in [0, 0.1) is 0 Å². The summed E-state index contributed by atoms with van der Waals surface area (Å²) in [4.78, 5) is 5.53. The van der Waals surface area contributed by atoms with Crippen LogP contribution in [0.2, 0.25) is 0 Å². The first-order valence-electron chi connectivity index (χ1n) is 8.58. The quantitative estimate of drug-likeness (QED) is 0.793. The normalized spacial score (nSPS) is 31.7. The first-order chi connectivity index (χ1) is 9.36. The molecule has 1 N–H and O–H groups in total. The van der Waals surface area contributed by atoms with E-state index >= 15 is 0 Å². The molecule has 19 heavy (non-hydrogen) atoms. The molecule has 1 saturated carbocycles. The summed E-state index contributed by atoms with van der Waals surface area (Å²) in [6.45, 7) is 8.93. The van der Waals surface area contributed by atoms with Gasteiger partial charge in [-0.25, -0.2) is 0 Å². The minimum absolute atomic E-state index is 0.774. The van der Waals surface area contributed by atoms with Crippen LogP contribution in [0.4, 0.5) is 0 Å². The molecule has 0 aromatic rings. The fourth-order valence-corrected chi connectivity index (χ4v) is 3.80. The number of hydrogen-bond acceptors (Lipinski definition) is 3. The first-order valence-corrected chi connectivity index (χ1v) is 8.58. The van der Waals surface area contributed by atoms with E-state index in [2.05, 4.69) is 22.0 Å². The van der Waals surface area contributed by atoms with Gasteiger partial charge in [-0.1, -0.05) is 13.3 Å². The SMILES string of the molecule is CCC(CNC1CC1)N1CCC(N2CCCCC2)C1. The lowest BCUT2D eigenvalue weighted by Crippen LogP contribution is -2.45. The molecule has 110 valence electrons. The Morgan fingerprint density at radius 2 is 1.84 bits per heavy atom. The number of nitrogens with zero attached hydrogens (tertiary/aromatic N) is 2. The Bertz CT molecular complexity index is 271. The molecule has 0 radical (unpaired) electrons. The Hall–Kier alpha value is -0.120. The molecule has 3 nitrogen and oxygen atoms in total. The van der Waals surface area contributed by atoms with Crippen molar-refractivity contribution in [3.05, 3.63) is 0 Å². The molecule has 1 aliphatic carbocycles. The Morgan fingerprint density at radius 1 is 1.05 bits per heavy atom. The van der Waals surface area contributed by atoms with E-state index in [0.717, 1.165) is 18.1 Å². The molecule has 3 aliphatic rings. The van der Waals surface area contributed by atoms with Crippen molar-refractivity contribution in [2.24, 2.45) is 0 Å². The van der Waals surface area contributed by atoms with Gasteiger partial charge in [0.1, 0.15) is 0 Å². The number of nitrogens with one attached hydrogen (secondary N) is 1. The zero-order chi connectivity index (χ0) is 13.1. The van der Waals surface area contributed by atoms with Gasteiger partial charge in [0.15, 0.2) is 0 Å². The van der Waals surface area contributed by atoms with E-state index in [1.165, 1.54) is 77.7 Å². The molecule has 3 fully saturated rings. The Kier molecular flexibility index (Phi) is 4.78. The third-order valence-electron chi connectivity index (χ3n) is 5.31. The third kappa shape index (κ3) is 3.71. The van der Waals surface area contributed by atoms with Crippen molar-refractivity contribution in [2.75, 3.05) is 32.7 Å². The van der Waals surface area contributed by atoms with Crippen LogP contribution >= 0.6 is 0 Å². The van der Waals surface area contributed by atoms with Gasteiger partial charge in [0.2, 0.25) is 0 Å². The van der Waals surface area contributed by atoms with Crippen LogP contribution < -0.4 is 5.32 Å². The van der Waals surface area contributed by atoms with Crippen LogP contribution in [0.25, 0.3) is 0 Å². The molecular formula is C16H31N3. The van der Waals surface area contributed by atoms with E-state index in [0.29, 0.717) is 0 Å². The number of hydrogen-bond donors (Lipinski definition) is 1. The highest BCUT2D eigenvalue weighted by Crippen LogP contribution is 2.23. The molecule has 0 aromatic heterocycles. The Labute approximate surface area is 118 Å². The zero-order valence-corrected chi connectivity index (χ0v) is 12.6. The monoisotopic (exact) mass is 265 g/mol. The average molecular weight is 265 g/mol. The first kappa shape index (κ1) is 13.8. The lowest BCUT2D eigenvalue weighted by Gasteiger charge is -2.33. The summed E-state index contributed by atoms with van der Waals surface area (Å²) in [5.74, 6) is 0. The Balaban J connectivity index is 1.45. The second kappa shape index (κ2) is 6.55. The van der Waals surface area contributed by atoms with E-state index in [4.69, 9.17) is 0 Å². The largest absolute Gasteiger partial charge is 0.312 e. The van der Waals surface area contributed by atoms with Gasteiger partial charge in [-0.3, -0.25) is 9.80 Å². The molecule has 0 spiro atoms. The summed E-state index contributed by atoms with van der Waals surface area (Å²) < 4.78 is 0. The van der Waals surface area contributed by atoms with Crippen LogP contribution in [-0.4, -0.2) is 60.6 Å². The lowest BCUT2D eigenvalue weighted by atomic mass is 10.1. The predicted octanol–water partition coefficient (Wildman–Crippen LogP) is 2.08. The summed E-state index contributed by atoms with van der Waals surface area (Å²) >= 11 is 0. The minimum atomic E-state index is 0.774. The van der Waals surface area contributed by atoms with Crippen LogP contribution in [-0.2, 0) is 0 Å². The summed E-state index contributed by atoms with van der Waals surface area (Å²) in [6, 6.07) is 2.49. The maximum atomic E-state index is 3.72. The van der Waals surface area contributed by atoms with Crippen LogP contribution in [0.1, 0.15) is 51.9 Å². The summed E-state index contributed by atoms with van der Waals surface area (Å²) in [6.07, 6.45) is 9.83. The van der Waals surface area contributed by atoms with Gasteiger partial charge in [-0.05, 0) is 51.6 Å². The number of rotatable bonds is 6. The van der Waals surface area contributed by atoms with E-state index < -0.39 is 0 Å². The van der Waals surface area contributed by atoms with E-state index in [9.17, 15) is 0 Å². The van der Waals surface area contributed by atoms with Gasteiger partial charge < -0.3 is 5.32 Å². The second-order valence-corrected chi connectivity index (χ2v) is 6.78.